The minimum atomic E-state index is -0.741. The molecule has 2 aliphatic carbocycles. The topological polar surface area (TPSA) is 0 Å². The number of allylic oxidation sites excluding steroid dienone is 1. The van der Waals surface area contributed by atoms with Crippen LogP contribution in [0, 0.1) is 29.4 Å². The lowest BCUT2D eigenvalue weighted by molar-refractivity contribution is 0.160. The van der Waals surface area contributed by atoms with Crippen molar-refractivity contribution >= 4 is 6.08 Å². The molecule has 0 N–H and O–H groups in total. The van der Waals surface area contributed by atoms with Gasteiger partial charge in [-0.05, 0) is 87.0 Å². The van der Waals surface area contributed by atoms with Gasteiger partial charge in [0.05, 0.1) is 0 Å². The van der Waals surface area contributed by atoms with Crippen molar-refractivity contribution in [1.82, 2.24) is 0 Å². The van der Waals surface area contributed by atoms with Gasteiger partial charge in [0.1, 0.15) is 0 Å². The molecule has 2 aliphatic rings. The Hall–Kier alpha value is -1.44. The van der Waals surface area contributed by atoms with Gasteiger partial charge >= 0.3 is 0 Å². The second-order valence-electron chi connectivity index (χ2n) is 7.99. The van der Waals surface area contributed by atoms with Gasteiger partial charge in [-0.1, -0.05) is 30.9 Å². The lowest BCUT2D eigenvalue weighted by Crippen LogP contribution is -2.25. The highest BCUT2D eigenvalue weighted by Gasteiger charge is 2.32. The van der Waals surface area contributed by atoms with Crippen LogP contribution in [-0.4, -0.2) is 0 Å². The van der Waals surface area contributed by atoms with Crippen molar-refractivity contribution in [1.29, 1.82) is 0 Å². The number of hydrogen-bond acceptors (Lipinski definition) is 0. The summed E-state index contributed by atoms with van der Waals surface area (Å²) in [7, 11) is 0. The molecule has 2 saturated carbocycles. The van der Waals surface area contributed by atoms with Crippen LogP contribution in [0.1, 0.15) is 74.8 Å². The fourth-order valence-corrected chi connectivity index (χ4v) is 5.08. The smallest absolute Gasteiger partial charge is 0.166 e. The monoisotopic (exact) mass is 344 g/mol. The van der Waals surface area contributed by atoms with Crippen molar-refractivity contribution in [3.8, 4) is 0 Å². The molecule has 0 spiro atoms. The molecule has 1 aromatic rings. The van der Waals surface area contributed by atoms with Crippen LogP contribution in [0.2, 0.25) is 0 Å². The zero-order chi connectivity index (χ0) is 17.8. The fraction of sp³-hybridized carbons (Fsp3) is 0.565. The predicted molar refractivity (Wildman–Crippen MR) is 101 cm³/mol. The normalized spacial score (nSPS) is 30.0. The summed E-state index contributed by atoms with van der Waals surface area (Å²) in [6.45, 7) is 7.40. The van der Waals surface area contributed by atoms with Crippen LogP contribution >= 0.6 is 0 Å². The first-order chi connectivity index (χ1) is 12.1. The van der Waals surface area contributed by atoms with Crippen molar-refractivity contribution in [3.63, 3.8) is 0 Å². The van der Waals surface area contributed by atoms with E-state index in [4.69, 9.17) is 0 Å². The van der Waals surface area contributed by atoms with Gasteiger partial charge in [-0.25, -0.2) is 8.78 Å². The van der Waals surface area contributed by atoms with Crippen molar-refractivity contribution in [3.05, 3.63) is 54.1 Å². The van der Waals surface area contributed by atoms with Gasteiger partial charge in [0, 0.05) is 5.56 Å². The van der Waals surface area contributed by atoms with Crippen molar-refractivity contribution < 1.29 is 8.78 Å². The van der Waals surface area contributed by atoms with Gasteiger partial charge < -0.3 is 0 Å². The average Bonchev–Trinajstić information content (AvgIpc) is 2.65. The third kappa shape index (κ3) is 4.04. The molecular formula is C23H30F2. The van der Waals surface area contributed by atoms with Crippen LogP contribution in [0.25, 0.3) is 6.08 Å². The van der Waals surface area contributed by atoms with Crippen molar-refractivity contribution in [2.45, 2.75) is 63.7 Å². The summed E-state index contributed by atoms with van der Waals surface area (Å²) in [5.74, 6) is 1.22. The summed E-state index contributed by atoms with van der Waals surface area (Å²) >= 11 is 0. The number of halogens is 2. The largest absolute Gasteiger partial charge is 0.203 e. The molecule has 25 heavy (non-hydrogen) atoms. The molecule has 1 aromatic carbocycles. The molecule has 2 heteroatoms. The maximum absolute atomic E-state index is 14.4. The SMILES string of the molecule is C=CCC1CCC(C2CCC(c3ccc(C=C)c(F)c3F)CC2)CC1. The maximum atomic E-state index is 14.4. The Labute approximate surface area is 151 Å². The van der Waals surface area contributed by atoms with Crippen LogP contribution < -0.4 is 0 Å². The number of hydrogen-bond donors (Lipinski definition) is 0. The molecular weight excluding hydrogens is 314 g/mol. The van der Waals surface area contributed by atoms with Crippen LogP contribution in [-0.2, 0) is 0 Å². The van der Waals surface area contributed by atoms with Crippen LogP contribution in [0.4, 0.5) is 8.78 Å². The van der Waals surface area contributed by atoms with E-state index in [2.05, 4.69) is 19.2 Å². The second-order valence-corrected chi connectivity index (χ2v) is 7.99. The molecule has 136 valence electrons. The molecule has 0 atom stereocenters. The summed E-state index contributed by atoms with van der Waals surface area (Å²) < 4.78 is 28.4. The number of rotatable bonds is 5. The summed E-state index contributed by atoms with van der Waals surface area (Å²) in [4.78, 5) is 0. The van der Waals surface area contributed by atoms with Crippen LogP contribution in [0.5, 0.6) is 0 Å². The molecule has 0 saturated heterocycles. The molecule has 0 heterocycles. The fourth-order valence-electron chi connectivity index (χ4n) is 5.08. The Bertz CT molecular complexity index is 603. The Morgan fingerprint density at radius 1 is 0.840 bits per heavy atom. The van der Waals surface area contributed by atoms with Crippen molar-refractivity contribution in [2.24, 2.45) is 17.8 Å². The van der Waals surface area contributed by atoms with E-state index in [0.29, 0.717) is 5.56 Å². The molecule has 0 amide bonds. The Morgan fingerprint density at radius 3 is 2.00 bits per heavy atom. The van der Waals surface area contributed by atoms with Gasteiger partial charge in [-0.15, -0.1) is 6.58 Å². The van der Waals surface area contributed by atoms with E-state index in [-0.39, 0.29) is 11.5 Å². The minimum absolute atomic E-state index is 0.168. The van der Waals surface area contributed by atoms with E-state index >= 15 is 0 Å². The van der Waals surface area contributed by atoms with E-state index in [9.17, 15) is 8.78 Å². The van der Waals surface area contributed by atoms with Crippen molar-refractivity contribution in [2.75, 3.05) is 0 Å². The zero-order valence-corrected chi connectivity index (χ0v) is 15.2. The summed E-state index contributed by atoms with van der Waals surface area (Å²) in [5, 5.41) is 0. The van der Waals surface area contributed by atoms with E-state index in [1.807, 2.05) is 0 Å². The first-order valence-corrected chi connectivity index (χ1v) is 9.85. The summed E-state index contributed by atoms with van der Waals surface area (Å²) in [6, 6.07) is 3.43. The molecule has 0 aliphatic heterocycles. The standard InChI is InChI=1S/C23H30F2/c1-3-5-16-6-8-18(9-7-16)19-10-12-20(13-11-19)21-15-14-17(4-2)22(24)23(21)25/h3-4,14-16,18-20H,1-2,5-13H2. The van der Waals surface area contributed by atoms with Gasteiger partial charge in [-0.2, -0.15) is 0 Å². The Morgan fingerprint density at radius 2 is 1.44 bits per heavy atom. The first-order valence-electron chi connectivity index (χ1n) is 9.85. The lowest BCUT2D eigenvalue weighted by Gasteiger charge is -2.38. The average molecular weight is 344 g/mol. The van der Waals surface area contributed by atoms with Gasteiger partial charge in [0.15, 0.2) is 11.6 Å². The minimum Gasteiger partial charge on any atom is -0.203 e. The second kappa shape index (κ2) is 8.29. The third-order valence-corrected chi connectivity index (χ3v) is 6.63. The highest BCUT2D eigenvalue weighted by Crippen LogP contribution is 2.45. The molecule has 0 aromatic heterocycles. The molecule has 0 radical (unpaired) electrons. The van der Waals surface area contributed by atoms with Crippen LogP contribution in [0.15, 0.2) is 31.4 Å². The van der Waals surface area contributed by atoms with E-state index in [0.717, 1.165) is 49.9 Å². The molecule has 2 fully saturated rings. The number of benzene rings is 1. The first kappa shape index (κ1) is 18.4. The van der Waals surface area contributed by atoms with E-state index in [1.165, 1.54) is 31.8 Å². The molecule has 3 rings (SSSR count). The zero-order valence-electron chi connectivity index (χ0n) is 15.2. The summed E-state index contributed by atoms with van der Waals surface area (Å²) in [6.07, 6.45) is 14.2. The predicted octanol–water partition coefficient (Wildman–Crippen LogP) is 7.26. The highest BCUT2D eigenvalue weighted by molar-refractivity contribution is 5.49. The maximum Gasteiger partial charge on any atom is 0.166 e. The lowest BCUT2D eigenvalue weighted by atomic mass is 9.68. The van der Waals surface area contributed by atoms with E-state index in [1.54, 1.807) is 12.1 Å². The van der Waals surface area contributed by atoms with Crippen LogP contribution in [0.3, 0.4) is 0 Å². The Kier molecular flexibility index (Phi) is 6.09. The molecule has 0 nitrogen and oxygen atoms in total. The highest BCUT2D eigenvalue weighted by atomic mass is 19.2. The van der Waals surface area contributed by atoms with Gasteiger partial charge in [0.2, 0.25) is 0 Å². The molecule has 0 bridgehead atoms. The van der Waals surface area contributed by atoms with Gasteiger partial charge in [0.25, 0.3) is 0 Å². The molecule has 0 unspecified atom stereocenters. The van der Waals surface area contributed by atoms with E-state index < -0.39 is 11.6 Å². The Balaban J connectivity index is 1.57. The third-order valence-electron chi connectivity index (χ3n) is 6.63. The summed E-state index contributed by atoms with van der Waals surface area (Å²) in [5.41, 5.74) is 0.822. The quantitative estimate of drug-likeness (QED) is 0.493. The van der Waals surface area contributed by atoms with Gasteiger partial charge in [-0.3, -0.25) is 0 Å².